The van der Waals surface area contributed by atoms with E-state index in [0.717, 1.165) is 31.4 Å². The van der Waals surface area contributed by atoms with E-state index in [1.54, 1.807) is 0 Å². The van der Waals surface area contributed by atoms with Gasteiger partial charge in [0.2, 0.25) is 0 Å². The predicted octanol–water partition coefficient (Wildman–Crippen LogP) is 7.70. The zero-order valence-electron chi connectivity index (χ0n) is 16.8. The average Bonchev–Trinajstić information content (AvgIpc) is 2.64. The van der Waals surface area contributed by atoms with Crippen molar-refractivity contribution in [3.05, 3.63) is 35.1 Å². The van der Waals surface area contributed by atoms with Gasteiger partial charge in [0.25, 0.3) is 0 Å². The van der Waals surface area contributed by atoms with Gasteiger partial charge < -0.3 is 4.74 Å². The molecule has 2 nitrogen and oxygen atoms in total. The highest BCUT2D eigenvalue weighted by Gasteiger charge is 2.37. The van der Waals surface area contributed by atoms with Crippen molar-refractivity contribution in [2.24, 2.45) is 0 Å². The summed E-state index contributed by atoms with van der Waals surface area (Å²) in [6.45, 7) is 2.21. The van der Waals surface area contributed by atoms with Gasteiger partial charge in [-0.1, -0.05) is 83.6 Å². The summed E-state index contributed by atoms with van der Waals surface area (Å²) in [5.41, 5.74) is -2.33. The fourth-order valence-corrected chi connectivity index (χ4v) is 3.15. The van der Waals surface area contributed by atoms with Gasteiger partial charge >= 0.3 is 12.1 Å². The molecule has 160 valence electrons. The topological polar surface area (TPSA) is 26.3 Å². The Balaban J connectivity index is 2.15. The van der Waals surface area contributed by atoms with E-state index in [0.29, 0.717) is 12.5 Å². The molecule has 1 rings (SSSR count). The van der Waals surface area contributed by atoms with Crippen molar-refractivity contribution >= 4 is 5.97 Å². The Labute approximate surface area is 165 Å². The molecule has 1 aromatic rings. The summed E-state index contributed by atoms with van der Waals surface area (Å²) in [6, 6.07) is 2.44. The molecule has 0 N–H and O–H groups in total. The van der Waals surface area contributed by atoms with Gasteiger partial charge in [-0.3, -0.25) is 0 Å². The molecule has 0 saturated heterocycles. The summed E-state index contributed by atoms with van der Waals surface area (Å²) in [5, 5.41) is 0. The summed E-state index contributed by atoms with van der Waals surface area (Å²) >= 11 is 0. The molecular formula is C22H32F4O2. The molecular weight excluding hydrogens is 372 g/mol. The van der Waals surface area contributed by atoms with Gasteiger partial charge in [-0.15, -0.1) is 0 Å². The number of benzene rings is 1. The summed E-state index contributed by atoms with van der Waals surface area (Å²) < 4.78 is 57.3. The average molecular weight is 404 g/mol. The highest BCUT2D eigenvalue weighted by Crippen LogP contribution is 2.33. The fraction of sp³-hybridized carbons (Fsp3) is 0.682. The minimum atomic E-state index is -4.80. The molecule has 0 unspecified atom stereocenters. The van der Waals surface area contributed by atoms with Gasteiger partial charge in [-0.25, -0.2) is 9.18 Å². The second kappa shape index (κ2) is 13.6. The van der Waals surface area contributed by atoms with Crippen LogP contribution in [0.1, 0.15) is 99.9 Å². The molecule has 0 aromatic heterocycles. The van der Waals surface area contributed by atoms with Crippen LogP contribution in [0.15, 0.2) is 18.2 Å². The first kappa shape index (κ1) is 24.4. The van der Waals surface area contributed by atoms with E-state index in [2.05, 4.69) is 6.92 Å². The van der Waals surface area contributed by atoms with Crippen molar-refractivity contribution in [1.82, 2.24) is 0 Å². The van der Waals surface area contributed by atoms with Crippen LogP contribution in [-0.2, 0) is 10.9 Å². The third-order valence-corrected chi connectivity index (χ3v) is 4.75. The number of rotatable bonds is 14. The van der Waals surface area contributed by atoms with Crippen LogP contribution in [0.3, 0.4) is 0 Å². The van der Waals surface area contributed by atoms with Crippen LogP contribution in [-0.4, -0.2) is 12.6 Å². The lowest BCUT2D eigenvalue weighted by atomic mass is 10.1. The number of alkyl halides is 3. The maximum atomic E-state index is 13.7. The number of esters is 1. The van der Waals surface area contributed by atoms with Gasteiger partial charge in [0.1, 0.15) is 11.4 Å². The third-order valence-electron chi connectivity index (χ3n) is 4.75. The lowest BCUT2D eigenvalue weighted by molar-refractivity contribution is -0.138. The molecule has 0 heterocycles. The van der Waals surface area contributed by atoms with Crippen LogP contribution in [0, 0.1) is 5.82 Å². The minimum absolute atomic E-state index is 0.00188. The van der Waals surface area contributed by atoms with Crippen LogP contribution in [0.2, 0.25) is 0 Å². The van der Waals surface area contributed by atoms with Crippen molar-refractivity contribution in [1.29, 1.82) is 0 Å². The number of halogens is 4. The van der Waals surface area contributed by atoms with E-state index in [-0.39, 0.29) is 6.61 Å². The summed E-state index contributed by atoms with van der Waals surface area (Å²) in [6.07, 6.45) is 8.92. The van der Waals surface area contributed by atoms with Crippen molar-refractivity contribution in [2.75, 3.05) is 6.61 Å². The highest BCUT2D eigenvalue weighted by molar-refractivity contribution is 5.91. The Morgan fingerprint density at radius 3 is 1.86 bits per heavy atom. The van der Waals surface area contributed by atoms with Crippen LogP contribution in [0.4, 0.5) is 17.6 Å². The second-order valence-electron chi connectivity index (χ2n) is 7.19. The maximum Gasteiger partial charge on any atom is 0.417 e. The number of hydrogen-bond acceptors (Lipinski definition) is 2. The molecule has 0 saturated carbocycles. The first-order valence-electron chi connectivity index (χ1n) is 10.4. The van der Waals surface area contributed by atoms with Gasteiger partial charge in [0.15, 0.2) is 0 Å². The number of carbonyl (C=O) groups excluding carboxylic acids is 1. The fourth-order valence-electron chi connectivity index (χ4n) is 3.15. The molecule has 0 aliphatic rings. The molecule has 0 atom stereocenters. The van der Waals surface area contributed by atoms with Crippen molar-refractivity contribution in [3.63, 3.8) is 0 Å². The predicted molar refractivity (Wildman–Crippen MR) is 103 cm³/mol. The molecule has 0 amide bonds. The van der Waals surface area contributed by atoms with Gasteiger partial charge in [0.05, 0.1) is 12.2 Å². The largest absolute Gasteiger partial charge is 0.462 e. The molecule has 28 heavy (non-hydrogen) atoms. The van der Waals surface area contributed by atoms with Gasteiger partial charge in [-0.05, 0) is 18.6 Å². The van der Waals surface area contributed by atoms with Crippen LogP contribution >= 0.6 is 0 Å². The van der Waals surface area contributed by atoms with Gasteiger partial charge in [0, 0.05) is 0 Å². The summed E-state index contributed by atoms with van der Waals surface area (Å²) in [5.74, 6) is -2.47. The Hall–Kier alpha value is -1.59. The van der Waals surface area contributed by atoms with E-state index in [4.69, 9.17) is 4.74 Å². The highest BCUT2D eigenvalue weighted by atomic mass is 19.4. The van der Waals surface area contributed by atoms with Crippen LogP contribution in [0.25, 0.3) is 0 Å². The molecule has 0 aliphatic heterocycles. The van der Waals surface area contributed by atoms with E-state index in [9.17, 15) is 22.4 Å². The van der Waals surface area contributed by atoms with Gasteiger partial charge in [-0.2, -0.15) is 13.2 Å². The Morgan fingerprint density at radius 2 is 1.36 bits per heavy atom. The summed E-state index contributed by atoms with van der Waals surface area (Å²) in [7, 11) is 0. The van der Waals surface area contributed by atoms with Crippen molar-refractivity contribution in [2.45, 2.75) is 90.1 Å². The molecule has 0 aliphatic carbocycles. The monoisotopic (exact) mass is 404 g/mol. The molecule has 0 spiro atoms. The molecule has 0 fully saturated rings. The number of carbonyl (C=O) groups is 1. The van der Waals surface area contributed by atoms with Crippen molar-refractivity contribution in [3.8, 4) is 0 Å². The molecule has 0 radical (unpaired) electrons. The van der Waals surface area contributed by atoms with Crippen molar-refractivity contribution < 1.29 is 27.1 Å². The van der Waals surface area contributed by atoms with E-state index < -0.39 is 29.1 Å². The number of unbranched alkanes of at least 4 members (excludes halogenated alkanes) is 11. The molecule has 1 aromatic carbocycles. The van der Waals surface area contributed by atoms with Crippen LogP contribution in [0.5, 0.6) is 0 Å². The number of ether oxygens (including phenoxy) is 1. The lowest BCUT2D eigenvalue weighted by Gasteiger charge is -2.13. The SMILES string of the molecule is CCCCCCCCCCCCCCOC(=O)c1c(F)cccc1C(F)(F)F. The zero-order chi connectivity index (χ0) is 20.8. The maximum absolute atomic E-state index is 13.7. The summed E-state index contributed by atoms with van der Waals surface area (Å²) in [4.78, 5) is 11.9. The Kier molecular flexibility index (Phi) is 11.8. The first-order chi connectivity index (χ1) is 13.4. The normalized spacial score (nSPS) is 11.6. The van der Waals surface area contributed by atoms with E-state index in [1.165, 1.54) is 51.4 Å². The Bertz CT molecular complexity index is 570. The quantitative estimate of drug-likeness (QED) is 0.180. The minimum Gasteiger partial charge on any atom is -0.462 e. The third kappa shape index (κ3) is 9.56. The molecule has 6 heteroatoms. The second-order valence-corrected chi connectivity index (χ2v) is 7.19. The number of hydrogen-bond donors (Lipinski definition) is 0. The van der Waals surface area contributed by atoms with E-state index >= 15 is 0 Å². The first-order valence-corrected chi connectivity index (χ1v) is 10.4. The van der Waals surface area contributed by atoms with E-state index in [1.807, 2.05) is 0 Å². The smallest absolute Gasteiger partial charge is 0.417 e. The Morgan fingerprint density at radius 1 is 0.857 bits per heavy atom. The van der Waals surface area contributed by atoms with Crippen LogP contribution < -0.4 is 0 Å². The standard InChI is InChI=1S/C22H32F4O2/c1-2-3-4-5-6-7-8-9-10-11-12-13-17-28-21(27)20-18(22(24,25)26)15-14-16-19(20)23/h14-16H,2-13,17H2,1H3. The molecule has 0 bridgehead atoms. The zero-order valence-corrected chi connectivity index (χ0v) is 16.8. The lowest BCUT2D eigenvalue weighted by Crippen LogP contribution is -2.17.